The highest BCUT2D eigenvalue weighted by Gasteiger charge is 2.54. The van der Waals surface area contributed by atoms with Gasteiger partial charge in [-0.25, -0.2) is 19.4 Å². The number of thiazole rings is 1. The Morgan fingerprint density at radius 1 is 1.25 bits per heavy atom. The number of aromatic nitrogens is 1. The number of ether oxygens (including phenoxy) is 1. The van der Waals surface area contributed by atoms with Crippen LogP contribution in [0.2, 0.25) is 5.02 Å². The highest BCUT2D eigenvalue weighted by atomic mass is 35.5. The summed E-state index contributed by atoms with van der Waals surface area (Å²) in [6.07, 6.45) is 1.38. The number of nitrogen functional groups attached to an aromatic ring is 1. The summed E-state index contributed by atoms with van der Waals surface area (Å²) in [6.45, 7) is 5.75. The number of carbonyl (C=O) groups excluding carboxylic acids is 2. The lowest BCUT2D eigenvalue weighted by Crippen LogP contribution is -2.71. The van der Waals surface area contributed by atoms with Gasteiger partial charge in [0.05, 0.1) is 0 Å². The minimum Gasteiger partial charge on any atom is -0.479 e. The number of anilines is 1. The summed E-state index contributed by atoms with van der Waals surface area (Å²) in [4.78, 5) is 67.8. The van der Waals surface area contributed by atoms with Crippen LogP contribution in [0.1, 0.15) is 19.5 Å². The minimum atomic E-state index is -1.30. The molecular weight excluding hydrogens is 642 g/mol. The first-order valence-corrected chi connectivity index (χ1v) is 14.6. The standard InChI is InChI=1S/C16H15N5O7S2.C10H11ClO3/c1-2-6-4-29-14-10(13(25)21(14)11(6)15(26)27)19-12(24)9(20-28-3-8(22)23)7-5-30-16(17)18-7;1-10(2,9(12)13)14-8-5-3-7(11)4-6-8/h2,5,10,14H,1,3-4H2,(H2,17,18)(H,19,24)(H,22,23)(H,26,27);3-6H,1-2H3,(H,12,13)/b20-9-;/t10-,14-;/m1./s1. The second-order valence-electron chi connectivity index (χ2n) is 9.29. The Labute approximate surface area is 263 Å². The summed E-state index contributed by atoms with van der Waals surface area (Å²) >= 11 is 7.97. The predicted molar refractivity (Wildman–Crippen MR) is 160 cm³/mol. The zero-order valence-electron chi connectivity index (χ0n) is 23.1. The van der Waals surface area contributed by atoms with E-state index >= 15 is 0 Å². The Morgan fingerprint density at radius 3 is 2.43 bits per heavy atom. The number of carbonyl (C=O) groups is 5. The number of nitrogens with zero attached hydrogens (tertiary/aromatic N) is 3. The number of benzene rings is 1. The largest absolute Gasteiger partial charge is 0.479 e. The average Bonchev–Trinajstić information content (AvgIpc) is 3.39. The Kier molecular flexibility index (Phi) is 11.0. The van der Waals surface area contributed by atoms with E-state index in [1.54, 1.807) is 24.3 Å². The van der Waals surface area contributed by atoms with Crippen LogP contribution in [0.5, 0.6) is 5.75 Å². The van der Waals surface area contributed by atoms with Crippen molar-refractivity contribution in [3.63, 3.8) is 0 Å². The monoisotopic (exact) mass is 667 g/mol. The molecule has 18 heteroatoms. The number of thioether (sulfide) groups is 1. The lowest BCUT2D eigenvalue weighted by atomic mass is 10.0. The summed E-state index contributed by atoms with van der Waals surface area (Å²) < 4.78 is 5.26. The number of hydrogen-bond acceptors (Lipinski definition) is 12. The van der Waals surface area contributed by atoms with Gasteiger partial charge in [-0.15, -0.1) is 23.1 Å². The molecule has 1 fully saturated rings. The molecule has 1 saturated heterocycles. The van der Waals surface area contributed by atoms with Gasteiger partial charge >= 0.3 is 17.9 Å². The molecule has 4 rings (SSSR count). The molecule has 0 spiro atoms. The van der Waals surface area contributed by atoms with Crippen molar-refractivity contribution < 1.29 is 48.9 Å². The quantitative estimate of drug-likeness (QED) is 0.131. The highest BCUT2D eigenvalue weighted by molar-refractivity contribution is 8.00. The molecule has 1 aromatic carbocycles. The third-order valence-corrected chi connectivity index (χ3v) is 7.99. The highest BCUT2D eigenvalue weighted by Crippen LogP contribution is 2.40. The van der Waals surface area contributed by atoms with Crippen molar-refractivity contribution in [2.75, 3.05) is 18.1 Å². The van der Waals surface area contributed by atoms with E-state index in [1.807, 2.05) is 0 Å². The Balaban J connectivity index is 0.000000317. The van der Waals surface area contributed by atoms with E-state index in [0.29, 0.717) is 22.1 Å². The van der Waals surface area contributed by atoms with Crippen LogP contribution in [0.3, 0.4) is 0 Å². The van der Waals surface area contributed by atoms with Crippen molar-refractivity contribution in [3.05, 3.63) is 64.3 Å². The van der Waals surface area contributed by atoms with Gasteiger partial charge in [0.15, 0.2) is 16.4 Å². The summed E-state index contributed by atoms with van der Waals surface area (Å²) in [5.74, 6) is -4.24. The van der Waals surface area contributed by atoms with Crippen LogP contribution in [-0.4, -0.2) is 90.0 Å². The van der Waals surface area contributed by atoms with Crippen molar-refractivity contribution in [3.8, 4) is 5.75 Å². The van der Waals surface area contributed by atoms with Crippen LogP contribution < -0.4 is 15.8 Å². The number of fused-ring (bicyclic) bond motifs is 1. The SMILES string of the molecule is C=CC1=C(C(=O)O)N2C(=O)[C@@H](NC(=O)/C(=N\OCC(=O)O)c3csc(N)n3)[C@H]2SC1.CC(C)(Oc1ccc(Cl)cc1)C(=O)O. The molecule has 2 atom stereocenters. The molecule has 2 amide bonds. The molecule has 0 aliphatic carbocycles. The van der Waals surface area contributed by atoms with Crippen LogP contribution in [0, 0.1) is 0 Å². The molecule has 234 valence electrons. The molecule has 2 aliphatic heterocycles. The number of nitrogens with one attached hydrogen (secondary N) is 1. The zero-order chi connectivity index (χ0) is 32.8. The number of carboxylic acid groups (broad SMARTS) is 3. The van der Waals surface area contributed by atoms with Gasteiger partial charge in [-0.1, -0.05) is 29.4 Å². The van der Waals surface area contributed by atoms with Crippen LogP contribution in [0.15, 0.2) is 58.7 Å². The lowest BCUT2D eigenvalue weighted by Gasteiger charge is -2.49. The summed E-state index contributed by atoms with van der Waals surface area (Å²) in [5.41, 5.74) is 4.25. The summed E-state index contributed by atoms with van der Waals surface area (Å²) in [7, 11) is 0. The Bertz CT molecular complexity index is 1540. The maximum atomic E-state index is 12.7. The fourth-order valence-corrected chi connectivity index (χ4v) is 5.62. The molecule has 2 aromatic rings. The van der Waals surface area contributed by atoms with Crippen LogP contribution in [0.25, 0.3) is 0 Å². The number of carboxylic acids is 3. The number of aliphatic carboxylic acids is 3. The number of halogens is 1. The molecule has 3 heterocycles. The number of allylic oxidation sites excluding steroid dienone is 1. The van der Waals surface area contributed by atoms with Gasteiger partial charge in [0.1, 0.15) is 28.6 Å². The van der Waals surface area contributed by atoms with E-state index in [1.165, 1.54) is 37.1 Å². The minimum absolute atomic E-state index is 0.0420. The number of rotatable bonds is 11. The normalized spacial score (nSPS) is 17.8. The van der Waals surface area contributed by atoms with Crippen molar-refractivity contribution in [2.45, 2.75) is 30.9 Å². The van der Waals surface area contributed by atoms with Crippen molar-refractivity contribution >= 4 is 75.3 Å². The number of amides is 2. The molecule has 44 heavy (non-hydrogen) atoms. The third kappa shape index (κ3) is 8.06. The van der Waals surface area contributed by atoms with Gasteiger partial charge < -0.3 is 35.9 Å². The van der Waals surface area contributed by atoms with E-state index in [-0.39, 0.29) is 22.2 Å². The predicted octanol–water partition coefficient (Wildman–Crippen LogP) is 2.04. The molecule has 0 unspecified atom stereocenters. The van der Waals surface area contributed by atoms with Crippen molar-refractivity contribution in [2.24, 2.45) is 5.16 Å². The number of hydrogen-bond donors (Lipinski definition) is 5. The molecule has 1 aromatic heterocycles. The average molecular weight is 668 g/mol. The van der Waals surface area contributed by atoms with Gasteiger partial charge in [-0.2, -0.15) is 0 Å². The van der Waals surface area contributed by atoms with E-state index < -0.39 is 53.3 Å². The first-order valence-electron chi connectivity index (χ1n) is 12.3. The number of β-lactam (4-membered cyclic amide) rings is 1. The Hall–Kier alpha value is -4.61. The molecule has 0 bridgehead atoms. The van der Waals surface area contributed by atoms with Crippen LogP contribution in [0.4, 0.5) is 5.13 Å². The molecule has 0 radical (unpaired) electrons. The Morgan fingerprint density at radius 2 is 1.91 bits per heavy atom. The second kappa shape index (κ2) is 14.2. The van der Waals surface area contributed by atoms with E-state index in [0.717, 1.165) is 16.2 Å². The smallest absolute Gasteiger partial charge is 0.352 e. The zero-order valence-corrected chi connectivity index (χ0v) is 25.4. The van der Waals surface area contributed by atoms with Crippen molar-refractivity contribution in [1.29, 1.82) is 0 Å². The van der Waals surface area contributed by atoms with E-state index in [2.05, 4.69) is 26.9 Å². The van der Waals surface area contributed by atoms with Gasteiger partial charge in [0, 0.05) is 16.2 Å². The van der Waals surface area contributed by atoms with Gasteiger partial charge in [-0.05, 0) is 43.7 Å². The first kappa shape index (κ1) is 33.9. The first-order chi connectivity index (χ1) is 20.7. The third-order valence-electron chi connectivity index (χ3n) is 5.76. The molecule has 15 nitrogen and oxygen atoms in total. The second-order valence-corrected chi connectivity index (χ2v) is 11.7. The summed E-state index contributed by atoms with van der Waals surface area (Å²) in [6, 6.07) is 5.55. The molecule has 6 N–H and O–H groups in total. The van der Waals surface area contributed by atoms with Gasteiger partial charge in [-0.3, -0.25) is 14.5 Å². The number of nitrogens with two attached hydrogens (primary N) is 1. The van der Waals surface area contributed by atoms with E-state index in [4.69, 9.17) is 32.3 Å². The van der Waals surface area contributed by atoms with E-state index in [9.17, 15) is 29.1 Å². The topological polar surface area (TPSA) is 231 Å². The molecule has 0 saturated carbocycles. The van der Waals surface area contributed by atoms with Crippen LogP contribution >= 0.6 is 34.7 Å². The fraction of sp³-hybridized carbons (Fsp3) is 0.269. The molecule has 2 aliphatic rings. The maximum absolute atomic E-state index is 12.7. The van der Waals surface area contributed by atoms with Gasteiger partial charge in [0.2, 0.25) is 6.61 Å². The molecular formula is C26H26ClN5O10S2. The van der Waals surface area contributed by atoms with Crippen LogP contribution in [-0.2, 0) is 28.8 Å². The lowest BCUT2D eigenvalue weighted by molar-refractivity contribution is -0.152. The maximum Gasteiger partial charge on any atom is 0.352 e. The van der Waals surface area contributed by atoms with Crippen molar-refractivity contribution in [1.82, 2.24) is 15.2 Å². The fourth-order valence-electron chi connectivity index (χ4n) is 3.60. The summed E-state index contributed by atoms with van der Waals surface area (Å²) in [5, 5.41) is 34.4. The number of oxime groups is 1. The van der Waals surface area contributed by atoms with Gasteiger partial charge in [0.25, 0.3) is 11.8 Å².